The maximum Gasteiger partial charge on any atom is 0.292 e. The van der Waals surface area contributed by atoms with E-state index in [4.69, 9.17) is 0 Å². The van der Waals surface area contributed by atoms with Crippen LogP contribution in [0.3, 0.4) is 0 Å². The van der Waals surface area contributed by atoms with E-state index in [2.05, 4.69) is 10.3 Å². The smallest absolute Gasteiger partial charge is 0.292 e. The highest BCUT2D eigenvalue weighted by Gasteiger charge is 2.13. The largest absolute Gasteiger partial charge is 0.379 e. The van der Waals surface area contributed by atoms with Crippen LogP contribution in [0, 0.1) is 24.0 Å². The Bertz CT molecular complexity index is 595. The summed E-state index contributed by atoms with van der Waals surface area (Å²) in [6.45, 7) is 4.49. The van der Waals surface area contributed by atoms with Crippen LogP contribution in [-0.4, -0.2) is 16.5 Å². The Kier molecular flexibility index (Phi) is 4.11. The predicted octanol–water partition coefficient (Wildman–Crippen LogP) is 3.32. The summed E-state index contributed by atoms with van der Waals surface area (Å²) >= 11 is 1.65. The quantitative estimate of drug-likeness (QED) is 0.672. The predicted molar refractivity (Wildman–Crippen MR) is 76.9 cm³/mol. The molecule has 0 aliphatic carbocycles. The SMILES string of the molecule is Cc1ccc(NCCc2ncc(C)s2)c([N+](=O)[O-])c1. The van der Waals surface area contributed by atoms with Crippen molar-refractivity contribution in [3.8, 4) is 0 Å². The van der Waals surface area contributed by atoms with E-state index in [9.17, 15) is 10.1 Å². The van der Waals surface area contributed by atoms with Crippen molar-refractivity contribution in [3.63, 3.8) is 0 Å². The minimum atomic E-state index is -0.358. The van der Waals surface area contributed by atoms with Gasteiger partial charge >= 0.3 is 0 Å². The lowest BCUT2D eigenvalue weighted by molar-refractivity contribution is -0.384. The van der Waals surface area contributed by atoms with Gasteiger partial charge < -0.3 is 5.32 Å². The highest BCUT2D eigenvalue weighted by atomic mass is 32.1. The molecule has 1 N–H and O–H groups in total. The zero-order valence-corrected chi connectivity index (χ0v) is 11.7. The van der Waals surface area contributed by atoms with Crippen molar-refractivity contribution >= 4 is 22.7 Å². The van der Waals surface area contributed by atoms with E-state index >= 15 is 0 Å². The molecule has 0 bridgehead atoms. The molecule has 0 aliphatic rings. The van der Waals surface area contributed by atoms with Gasteiger partial charge in [0.2, 0.25) is 0 Å². The number of nitro groups is 1. The number of hydrogen-bond acceptors (Lipinski definition) is 5. The number of nitrogens with zero attached hydrogens (tertiary/aromatic N) is 2. The van der Waals surface area contributed by atoms with E-state index < -0.39 is 0 Å². The highest BCUT2D eigenvalue weighted by molar-refractivity contribution is 7.11. The van der Waals surface area contributed by atoms with Gasteiger partial charge in [0, 0.05) is 30.1 Å². The van der Waals surface area contributed by atoms with Crippen LogP contribution in [-0.2, 0) is 6.42 Å². The van der Waals surface area contributed by atoms with Gasteiger partial charge in [-0.3, -0.25) is 10.1 Å². The summed E-state index contributed by atoms with van der Waals surface area (Å²) in [5.74, 6) is 0. The van der Waals surface area contributed by atoms with Crippen LogP contribution >= 0.6 is 11.3 Å². The average Bonchev–Trinajstić information content (AvgIpc) is 2.77. The van der Waals surface area contributed by atoms with Gasteiger partial charge in [-0.15, -0.1) is 11.3 Å². The molecule has 1 aromatic carbocycles. The van der Waals surface area contributed by atoms with Crippen LogP contribution in [0.1, 0.15) is 15.4 Å². The number of benzene rings is 1. The van der Waals surface area contributed by atoms with Gasteiger partial charge in [0.1, 0.15) is 5.69 Å². The molecule has 0 spiro atoms. The Morgan fingerprint density at radius 1 is 1.42 bits per heavy atom. The molecule has 100 valence electrons. The van der Waals surface area contributed by atoms with Crippen LogP contribution in [0.4, 0.5) is 11.4 Å². The molecular formula is C13H15N3O2S. The van der Waals surface area contributed by atoms with Crippen molar-refractivity contribution < 1.29 is 4.92 Å². The van der Waals surface area contributed by atoms with E-state index in [0.29, 0.717) is 12.2 Å². The molecule has 0 unspecified atom stereocenters. The van der Waals surface area contributed by atoms with E-state index in [1.54, 1.807) is 23.5 Å². The normalized spacial score (nSPS) is 10.4. The summed E-state index contributed by atoms with van der Waals surface area (Å²) in [6, 6.07) is 5.19. The van der Waals surface area contributed by atoms with Crippen LogP contribution < -0.4 is 5.32 Å². The standard InChI is InChI=1S/C13H15N3O2S/c1-9-3-4-11(12(7-9)16(17)18)14-6-5-13-15-8-10(2)19-13/h3-4,7-8,14H,5-6H2,1-2H3. The van der Waals surface area contributed by atoms with Gasteiger partial charge in [0.05, 0.1) is 9.93 Å². The topological polar surface area (TPSA) is 68.1 Å². The van der Waals surface area contributed by atoms with E-state index in [1.165, 1.54) is 4.88 Å². The first-order valence-electron chi connectivity index (χ1n) is 5.96. The molecule has 0 radical (unpaired) electrons. The number of anilines is 1. The third-order valence-electron chi connectivity index (χ3n) is 2.67. The van der Waals surface area contributed by atoms with Crippen molar-refractivity contribution in [2.24, 2.45) is 0 Å². The van der Waals surface area contributed by atoms with Gasteiger partial charge in [-0.25, -0.2) is 4.98 Å². The number of nitrogens with one attached hydrogen (secondary N) is 1. The van der Waals surface area contributed by atoms with E-state index in [1.807, 2.05) is 26.1 Å². The summed E-state index contributed by atoms with van der Waals surface area (Å²) < 4.78 is 0. The molecule has 0 saturated heterocycles. The fourth-order valence-electron chi connectivity index (χ4n) is 1.76. The lowest BCUT2D eigenvalue weighted by atomic mass is 10.2. The molecule has 6 heteroatoms. The molecular weight excluding hydrogens is 262 g/mol. The fourth-order valence-corrected chi connectivity index (χ4v) is 2.55. The Hall–Kier alpha value is -1.95. The second-order valence-electron chi connectivity index (χ2n) is 4.32. The van der Waals surface area contributed by atoms with Crippen molar-refractivity contribution in [3.05, 3.63) is 50.0 Å². The molecule has 1 heterocycles. The van der Waals surface area contributed by atoms with Crippen LogP contribution in [0.25, 0.3) is 0 Å². The number of hydrogen-bond donors (Lipinski definition) is 1. The molecule has 19 heavy (non-hydrogen) atoms. The second kappa shape index (κ2) is 5.79. The maximum atomic E-state index is 11.0. The number of aromatic nitrogens is 1. The van der Waals surface area contributed by atoms with Crippen molar-refractivity contribution in [1.29, 1.82) is 0 Å². The Balaban J connectivity index is 2.01. The molecule has 0 amide bonds. The molecule has 0 saturated carbocycles. The van der Waals surface area contributed by atoms with Crippen molar-refractivity contribution in [2.75, 3.05) is 11.9 Å². The van der Waals surface area contributed by atoms with E-state index in [0.717, 1.165) is 17.0 Å². The van der Waals surface area contributed by atoms with Crippen LogP contribution in [0.5, 0.6) is 0 Å². The first-order valence-corrected chi connectivity index (χ1v) is 6.78. The Morgan fingerprint density at radius 3 is 2.84 bits per heavy atom. The molecule has 0 fully saturated rings. The van der Waals surface area contributed by atoms with Gasteiger partial charge in [0.15, 0.2) is 0 Å². The van der Waals surface area contributed by atoms with Gasteiger partial charge in [-0.05, 0) is 25.5 Å². The molecule has 5 nitrogen and oxygen atoms in total. The third kappa shape index (κ3) is 3.51. The Labute approximate surface area is 115 Å². The van der Waals surface area contributed by atoms with Crippen LogP contribution in [0.15, 0.2) is 24.4 Å². The first-order chi connectivity index (χ1) is 9.06. The van der Waals surface area contributed by atoms with Gasteiger partial charge in [-0.1, -0.05) is 6.07 Å². The number of rotatable bonds is 5. The van der Waals surface area contributed by atoms with Gasteiger partial charge in [0.25, 0.3) is 5.69 Å². The van der Waals surface area contributed by atoms with E-state index in [-0.39, 0.29) is 10.6 Å². The molecule has 0 atom stereocenters. The number of nitro benzene ring substituents is 1. The minimum absolute atomic E-state index is 0.121. The summed E-state index contributed by atoms with van der Waals surface area (Å²) in [5, 5.41) is 15.1. The van der Waals surface area contributed by atoms with Gasteiger partial charge in [-0.2, -0.15) is 0 Å². The summed E-state index contributed by atoms with van der Waals surface area (Å²) in [5.41, 5.74) is 1.56. The molecule has 2 rings (SSSR count). The molecule has 2 aromatic rings. The average molecular weight is 277 g/mol. The first kappa shape index (κ1) is 13.5. The summed E-state index contributed by atoms with van der Waals surface area (Å²) in [6.07, 6.45) is 2.61. The zero-order chi connectivity index (χ0) is 13.8. The number of aryl methyl sites for hydroxylation is 2. The molecule has 1 aromatic heterocycles. The summed E-state index contributed by atoms with van der Waals surface area (Å²) in [4.78, 5) is 16.0. The monoisotopic (exact) mass is 277 g/mol. The van der Waals surface area contributed by atoms with Crippen molar-refractivity contribution in [2.45, 2.75) is 20.3 Å². The van der Waals surface area contributed by atoms with Crippen LogP contribution in [0.2, 0.25) is 0 Å². The fraction of sp³-hybridized carbons (Fsp3) is 0.308. The van der Waals surface area contributed by atoms with Crippen molar-refractivity contribution in [1.82, 2.24) is 4.98 Å². The number of thiazole rings is 1. The highest BCUT2D eigenvalue weighted by Crippen LogP contribution is 2.25. The maximum absolute atomic E-state index is 11.0. The molecule has 0 aliphatic heterocycles. The summed E-state index contributed by atoms with van der Waals surface area (Å²) in [7, 11) is 0. The lowest BCUT2D eigenvalue weighted by Gasteiger charge is -2.06. The third-order valence-corrected chi connectivity index (χ3v) is 3.65. The minimum Gasteiger partial charge on any atom is -0.379 e. The Morgan fingerprint density at radius 2 is 2.21 bits per heavy atom. The zero-order valence-electron chi connectivity index (χ0n) is 10.8. The lowest BCUT2D eigenvalue weighted by Crippen LogP contribution is -2.06. The second-order valence-corrected chi connectivity index (χ2v) is 5.64.